The first-order valence-corrected chi connectivity index (χ1v) is 5.48. The Hall–Kier alpha value is -0.570. The number of hydrogen-bond acceptors (Lipinski definition) is 2. The zero-order chi connectivity index (χ0) is 11.3. The fourth-order valence-electron chi connectivity index (χ4n) is 1.42. The van der Waals surface area contributed by atoms with Crippen molar-refractivity contribution in [2.45, 2.75) is 26.4 Å². The molecule has 3 heteroatoms. The minimum absolute atomic E-state index is 0.367. The molecule has 0 bridgehead atoms. The molecule has 1 N–H and O–H groups in total. The molecule has 0 heterocycles. The van der Waals surface area contributed by atoms with E-state index in [0.717, 1.165) is 23.7 Å². The van der Waals surface area contributed by atoms with Crippen LogP contribution in [0.15, 0.2) is 18.2 Å². The van der Waals surface area contributed by atoms with Crippen LogP contribution in [-0.2, 0) is 11.3 Å². The fraction of sp³-hybridized carbons (Fsp3) is 0.500. The molecular weight excluding hydrogens is 210 g/mol. The van der Waals surface area contributed by atoms with Gasteiger partial charge in [0.25, 0.3) is 0 Å². The van der Waals surface area contributed by atoms with Crippen molar-refractivity contribution in [1.29, 1.82) is 0 Å². The van der Waals surface area contributed by atoms with Crippen molar-refractivity contribution in [3.8, 4) is 0 Å². The topological polar surface area (TPSA) is 21.3 Å². The van der Waals surface area contributed by atoms with Crippen LogP contribution in [0.1, 0.15) is 18.1 Å². The summed E-state index contributed by atoms with van der Waals surface area (Å²) in [6, 6.07) is 6.46. The van der Waals surface area contributed by atoms with Gasteiger partial charge in [-0.05, 0) is 31.0 Å². The lowest BCUT2D eigenvalue weighted by molar-refractivity contribution is 0.171. The van der Waals surface area contributed by atoms with Gasteiger partial charge in [-0.25, -0.2) is 0 Å². The lowest BCUT2D eigenvalue weighted by Gasteiger charge is -2.13. The van der Waals surface area contributed by atoms with Gasteiger partial charge in [-0.1, -0.05) is 23.7 Å². The number of aryl methyl sites for hydroxylation is 1. The minimum Gasteiger partial charge on any atom is -0.383 e. The monoisotopic (exact) mass is 227 g/mol. The Morgan fingerprint density at radius 1 is 1.47 bits per heavy atom. The fourth-order valence-corrected chi connectivity index (χ4v) is 1.54. The van der Waals surface area contributed by atoms with Crippen molar-refractivity contribution in [3.63, 3.8) is 0 Å². The summed E-state index contributed by atoms with van der Waals surface area (Å²) in [6.45, 7) is 5.70. The van der Waals surface area contributed by atoms with Crippen LogP contribution in [0.3, 0.4) is 0 Å². The van der Waals surface area contributed by atoms with Gasteiger partial charge in [-0.2, -0.15) is 0 Å². The summed E-state index contributed by atoms with van der Waals surface area (Å²) in [5, 5.41) is 4.20. The van der Waals surface area contributed by atoms with Gasteiger partial charge >= 0.3 is 0 Å². The molecule has 15 heavy (non-hydrogen) atoms. The summed E-state index contributed by atoms with van der Waals surface area (Å²) in [6.07, 6.45) is 0. The molecule has 2 nitrogen and oxygen atoms in total. The molecular formula is C12H18ClNO. The molecule has 0 saturated carbocycles. The molecule has 1 unspecified atom stereocenters. The predicted octanol–water partition coefficient (Wildman–Crippen LogP) is 2.77. The highest BCUT2D eigenvalue weighted by Gasteiger charge is 2.01. The van der Waals surface area contributed by atoms with Crippen LogP contribution in [0, 0.1) is 6.92 Å². The van der Waals surface area contributed by atoms with Gasteiger partial charge in [-0.15, -0.1) is 0 Å². The lowest BCUT2D eigenvalue weighted by Crippen LogP contribution is -2.29. The normalized spacial score (nSPS) is 12.8. The standard InChI is InChI=1S/C12H18ClNO/c1-9-6-11(4-5-12(9)13)7-14-10(2)8-15-3/h4-6,10,14H,7-8H2,1-3H3. The highest BCUT2D eigenvalue weighted by atomic mass is 35.5. The SMILES string of the molecule is COCC(C)NCc1ccc(Cl)c(C)c1. The first-order valence-electron chi connectivity index (χ1n) is 5.11. The van der Waals surface area contributed by atoms with E-state index < -0.39 is 0 Å². The lowest BCUT2D eigenvalue weighted by atomic mass is 10.1. The molecule has 0 aliphatic heterocycles. The first kappa shape index (κ1) is 12.5. The van der Waals surface area contributed by atoms with Gasteiger partial charge in [0, 0.05) is 24.7 Å². The average Bonchev–Trinajstić information content (AvgIpc) is 2.20. The van der Waals surface area contributed by atoms with Gasteiger partial charge in [0.2, 0.25) is 0 Å². The van der Waals surface area contributed by atoms with Crippen molar-refractivity contribution in [1.82, 2.24) is 5.32 Å². The van der Waals surface area contributed by atoms with Crippen molar-refractivity contribution < 1.29 is 4.74 Å². The van der Waals surface area contributed by atoms with E-state index in [9.17, 15) is 0 Å². The number of nitrogens with one attached hydrogen (secondary N) is 1. The smallest absolute Gasteiger partial charge is 0.0613 e. The Kier molecular flexibility index (Phi) is 5.09. The molecule has 1 aromatic rings. The molecule has 84 valence electrons. The van der Waals surface area contributed by atoms with E-state index in [0.29, 0.717) is 6.04 Å². The van der Waals surface area contributed by atoms with E-state index in [4.69, 9.17) is 16.3 Å². The third kappa shape index (κ3) is 4.20. The van der Waals surface area contributed by atoms with E-state index >= 15 is 0 Å². The second-order valence-electron chi connectivity index (χ2n) is 3.82. The number of halogens is 1. The van der Waals surface area contributed by atoms with Crippen molar-refractivity contribution in [3.05, 3.63) is 34.3 Å². The summed E-state index contributed by atoms with van der Waals surface area (Å²) >= 11 is 5.95. The van der Waals surface area contributed by atoms with Crippen molar-refractivity contribution >= 4 is 11.6 Å². The van der Waals surface area contributed by atoms with Crippen LogP contribution in [0.25, 0.3) is 0 Å². The summed E-state index contributed by atoms with van der Waals surface area (Å²) in [5.74, 6) is 0. The second-order valence-corrected chi connectivity index (χ2v) is 4.23. The van der Waals surface area contributed by atoms with Gasteiger partial charge < -0.3 is 10.1 Å². The Morgan fingerprint density at radius 3 is 2.80 bits per heavy atom. The molecule has 0 aliphatic carbocycles. The predicted molar refractivity (Wildman–Crippen MR) is 64.4 cm³/mol. The Bertz CT molecular complexity index is 314. The van der Waals surface area contributed by atoms with E-state index in [1.165, 1.54) is 5.56 Å². The first-order chi connectivity index (χ1) is 7.13. The van der Waals surface area contributed by atoms with E-state index in [2.05, 4.69) is 18.3 Å². The molecule has 0 amide bonds. The third-order valence-electron chi connectivity index (χ3n) is 2.29. The van der Waals surface area contributed by atoms with Crippen LogP contribution in [0.2, 0.25) is 5.02 Å². The van der Waals surface area contributed by atoms with Crippen LogP contribution in [0.5, 0.6) is 0 Å². The third-order valence-corrected chi connectivity index (χ3v) is 2.72. The number of methoxy groups -OCH3 is 1. The summed E-state index contributed by atoms with van der Waals surface area (Å²) in [5.41, 5.74) is 2.37. The van der Waals surface area contributed by atoms with Gasteiger partial charge in [-0.3, -0.25) is 0 Å². The average molecular weight is 228 g/mol. The van der Waals surface area contributed by atoms with Crippen LogP contribution < -0.4 is 5.32 Å². The van der Waals surface area contributed by atoms with Crippen LogP contribution in [-0.4, -0.2) is 19.8 Å². The van der Waals surface area contributed by atoms with Gasteiger partial charge in [0.15, 0.2) is 0 Å². The largest absolute Gasteiger partial charge is 0.383 e. The van der Waals surface area contributed by atoms with Crippen molar-refractivity contribution in [2.24, 2.45) is 0 Å². The van der Waals surface area contributed by atoms with E-state index in [1.54, 1.807) is 7.11 Å². The molecule has 0 spiro atoms. The zero-order valence-corrected chi connectivity index (χ0v) is 10.3. The van der Waals surface area contributed by atoms with Crippen molar-refractivity contribution in [2.75, 3.05) is 13.7 Å². The quantitative estimate of drug-likeness (QED) is 0.835. The maximum absolute atomic E-state index is 5.95. The summed E-state index contributed by atoms with van der Waals surface area (Å²) in [7, 11) is 1.71. The highest BCUT2D eigenvalue weighted by Crippen LogP contribution is 2.16. The van der Waals surface area contributed by atoms with E-state index in [-0.39, 0.29) is 0 Å². The molecule has 0 saturated heterocycles. The Labute approximate surface area is 96.6 Å². The minimum atomic E-state index is 0.367. The number of hydrogen-bond donors (Lipinski definition) is 1. The number of benzene rings is 1. The Morgan fingerprint density at radius 2 is 2.20 bits per heavy atom. The molecule has 0 aliphatic rings. The van der Waals surface area contributed by atoms with Gasteiger partial charge in [0.1, 0.15) is 0 Å². The van der Waals surface area contributed by atoms with Gasteiger partial charge in [0.05, 0.1) is 6.61 Å². The molecule has 0 radical (unpaired) electrons. The number of ether oxygens (including phenoxy) is 1. The molecule has 1 rings (SSSR count). The van der Waals surface area contributed by atoms with E-state index in [1.807, 2.05) is 19.1 Å². The highest BCUT2D eigenvalue weighted by molar-refractivity contribution is 6.31. The molecule has 0 aromatic heterocycles. The summed E-state index contributed by atoms with van der Waals surface area (Å²) in [4.78, 5) is 0. The van der Waals surface area contributed by atoms with Crippen LogP contribution in [0.4, 0.5) is 0 Å². The zero-order valence-electron chi connectivity index (χ0n) is 9.51. The molecule has 0 fully saturated rings. The Balaban J connectivity index is 2.47. The van der Waals surface area contributed by atoms with Crippen LogP contribution >= 0.6 is 11.6 Å². The molecule has 1 aromatic carbocycles. The molecule has 1 atom stereocenters. The maximum Gasteiger partial charge on any atom is 0.0613 e. The second kappa shape index (κ2) is 6.11. The maximum atomic E-state index is 5.95. The number of rotatable bonds is 5. The summed E-state index contributed by atoms with van der Waals surface area (Å²) < 4.78 is 5.05.